The number of likely N-dealkylation sites (tertiary alicyclic amines) is 1. The molecule has 2 N–H and O–H groups in total. The number of amides is 4. The van der Waals surface area contributed by atoms with E-state index in [0.717, 1.165) is 16.0 Å². The molecule has 0 radical (unpaired) electrons. The average molecular weight is 509 g/mol. The van der Waals surface area contributed by atoms with Crippen molar-refractivity contribution in [2.24, 2.45) is 10.9 Å². The zero-order valence-corrected chi connectivity index (χ0v) is 20.3. The summed E-state index contributed by atoms with van der Waals surface area (Å²) in [4.78, 5) is 64.6. The zero-order valence-electron chi connectivity index (χ0n) is 20.3. The molecular weight excluding hydrogens is 480 g/mol. The topological polar surface area (TPSA) is 143 Å². The Kier molecular flexibility index (Phi) is 9.89. The van der Waals surface area contributed by atoms with Gasteiger partial charge in [0.15, 0.2) is 0 Å². The van der Waals surface area contributed by atoms with Gasteiger partial charge in [-0.2, -0.15) is 0 Å². The lowest BCUT2D eigenvalue weighted by molar-refractivity contribution is -0.167. The highest BCUT2D eigenvalue weighted by Crippen LogP contribution is 2.29. The summed E-state index contributed by atoms with van der Waals surface area (Å²) in [6.07, 6.45) is -0.426. The molecule has 11 heteroatoms. The molecule has 2 aromatic rings. The number of β-lactam (4-membered cyclic amide) rings is 1. The molecule has 1 fully saturated rings. The van der Waals surface area contributed by atoms with E-state index in [9.17, 15) is 24.0 Å². The number of nitrogens with one attached hydrogen (secondary N) is 2. The lowest BCUT2D eigenvalue weighted by Gasteiger charge is -2.42. The highest BCUT2D eigenvalue weighted by Gasteiger charge is 2.48. The quantitative estimate of drug-likeness (QED) is 0.174. The molecule has 0 unspecified atom stereocenters. The van der Waals surface area contributed by atoms with Gasteiger partial charge in [-0.25, -0.2) is 9.59 Å². The molecule has 2 aromatic carbocycles. The smallest absolute Gasteiger partial charge is 0.414 e. The van der Waals surface area contributed by atoms with Crippen LogP contribution in [0.2, 0.25) is 0 Å². The molecule has 0 aliphatic carbocycles. The predicted molar refractivity (Wildman–Crippen MR) is 132 cm³/mol. The first-order chi connectivity index (χ1) is 17.9. The Morgan fingerprint density at radius 1 is 0.919 bits per heavy atom. The van der Waals surface area contributed by atoms with Gasteiger partial charge >= 0.3 is 12.2 Å². The Hall–Kier alpha value is -4.54. The van der Waals surface area contributed by atoms with Crippen molar-refractivity contribution in [1.82, 2.24) is 15.5 Å². The maximum atomic E-state index is 12.3. The molecule has 0 saturated carbocycles. The van der Waals surface area contributed by atoms with E-state index in [1.54, 1.807) is 24.3 Å². The van der Waals surface area contributed by atoms with E-state index >= 15 is 0 Å². The number of benzene rings is 2. The van der Waals surface area contributed by atoms with Crippen molar-refractivity contribution in [3.05, 3.63) is 71.8 Å². The first kappa shape index (κ1) is 27.1. The minimum Gasteiger partial charge on any atom is -0.444 e. The van der Waals surface area contributed by atoms with Gasteiger partial charge in [0.05, 0.1) is 5.92 Å². The number of nitrogens with zero attached hydrogens (tertiary/aromatic N) is 2. The fraction of sp³-hybridized carbons (Fsp3) is 0.308. The molecule has 194 valence electrons. The van der Waals surface area contributed by atoms with Gasteiger partial charge in [-0.15, -0.1) is 0 Å². The largest absolute Gasteiger partial charge is 0.444 e. The first-order valence-electron chi connectivity index (χ1n) is 11.7. The van der Waals surface area contributed by atoms with Crippen LogP contribution in [-0.4, -0.2) is 53.7 Å². The van der Waals surface area contributed by atoms with Crippen LogP contribution in [0.15, 0.2) is 65.7 Å². The third-order valence-corrected chi connectivity index (χ3v) is 5.55. The molecule has 1 aliphatic heterocycles. The fourth-order valence-corrected chi connectivity index (χ4v) is 3.71. The summed E-state index contributed by atoms with van der Waals surface area (Å²) in [5.74, 6) is -1.67. The van der Waals surface area contributed by atoms with E-state index in [0.29, 0.717) is 19.1 Å². The van der Waals surface area contributed by atoms with E-state index < -0.39 is 36.0 Å². The van der Waals surface area contributed by atoms with Gasteiger partial charge in [0.25, 0.3) is 0 Å². The van der Waals surface area contributed by atoms with E-state index in [1.165, 1.54) is 6.92 Å². The van der Waals surface area contributed by atoms with Crippen LogP contribution in [0.4, 0.5) is 9.59 Å². The van der Waals surface area contributed by atoms with Gasteiger partial charge in [-0.1, -0.05) is 60.7 Å². The molecule has 37 heavy (non-hydrogen) atoms. The summed E-state index contributed by atoms with van der Waals surface area (Å²) in [5, 5.41) is 4.77. The van der Waals surface area contributed by atoms with Crippen LogP contribution in [0.25, 0.3) is 0 Å². The van der Waals surface area contributed by atoms with Crippen LogP contribution < -0.4 is 10.6 Å². The van der Waals surface area contributed by atoms with Gasteiger partial charge in [-0.05, 0) is 24.0 Å². The third kappa shape index (κ3) is 7.99. The minimum absolute atomic E-state index is 0.0158. The molecule has 0 aromatic heterocycles. The Bertz CT molecular complexity index is 1080. The Morgan fingerprint density at radius 3 is 1.89 bits per heavy atom. The van der Waals surface area contributed by atoms with Gasteiger partial charge < -0.3 is 14.3 Å². The maximum absolute atomic E-state index is 12.3. The van der Waals surface area contributed by atoms with Crippen molar-refractivity contribution < 1.29 is 33.4 Å². The summed E-state index contributed by atoms with van der Waals surface area (Å²) in [5.41, 5.74) is 1.56. The normalized spacial score (nSPS) is 16.1. The molecule has 4 amide bonds. The number of ether oxygens (including phenoxy) is 2. The van der Waals surface area contributed by atoms with Gasteiger partial charge in [-0.3, -0.25) is 30.1 Å². The monoisotopic (exact) mass is 508 g/mol. The number of aldehydes is 1. The van der Waals surface area contributed by atoms with Crippen molar-refractivity contribution in [3.63, 3.8) is 0 Å². The van der Waals surface area contributed by atoms with Crippen LogP contribution >= 0.6 is 0 Å². The standard InChI is InChI=1S/C26H28N4O7/c1-18(32)30-22(15-31)21(23(30)33)13-8-14-27-24(28-25(34)36-16-19-9-4-2-5-10-19)29-26(35)37-17-20-11-6-3-7-12-20/h2-7,9-12,15,21-22H,8,13-14,16-17H2,1H3,(H2,27,28,29,34,35)/t21-,22-/m0/s1. The molecule has 11 nitrogen and oxygen atoms in total. The molecule has 0 spiro atoms. The molecule has 2 atom stereocenters. The number of hydrogen-bond donors (Lipinski definition) is 2. The summed E-state index contributed by atoms with van der Waals surface area (Å²) in [6, 6.07) is 17.3. The SMILES string of the molecule is CC(=O)N1C(=O)[C@@H](CCCN=C(NC(=O)OCc2ccccc2)NC(=O)OCc2ccccc2)[C@@H]1C=O. The lowest BCUT2D eigenvalue weighted by Crippen LogP contribution is -2.63. The van der Waals surface area contributed by atoms with E-state index in [-0.39, 0.29) is 25.7 Å². The molecule has 0 bridgehead atoms. The Labute approximate surface area is 213 Å². The number of carbonyl (C=O) groups is 5. The number of rotatable bonds is 9. The van der Waals surface area contributed by atoms with Crippen LogP contribution in [-0.2, 0) is 37.1 Å². The van der Waals surface area contributed by atoms with Crippen LogP contribution in [0.5, 0.6) is 0 Å². The van der Waals surface area contributed by atoms with Crippen molar-refractivity contribution >= 4 is 36.2 Å². The van der Waals surface area contributed by atoms with Gasteiger partial charge in [0.2, 0.25) is 17.8 Å². The second-order valence-corrected chi connectivity index (χ2v) is 8.21. The molecule has 1 heterocycles. The second kappa shape index (κ2) is 13.5. The summed E-state index contributed by atoms with van der Waals surface area (Å²) < 4.78 is 10.3. The highest BCUT2D eigenvalue weighted by atomic mass is 16.6. The van der Waals surface area contributed by atoms with Gasteiger partial charge in [0, 0.05) is 13.5 Å². The van der Waals surface area contributed by atoms with Crippen molar-refractivity contribution in [1.29, 1.82) is 0 Å². The Morgan fingerprint density at radius 2 is 1.43 bits per heavy atom. The highest BCUT2D eigenvalue weighted by molar-refractivity contribution is 6.05. The van der Waals surface area contributed by atoms with Crippen LogP contribution in [0, 0.1) is 5.92 Å². The number of hydrogen-bond acceptors (Lipinski definition) is 8. The van der Waals surface area contributed by atoms with Crippen LogP contribution in [0.1, 0.15) is 30.9 Å². The molecule has 1 saturated heterocycles. The lowest BCUT2D eigenvalue weighted by atomic mass is 9.84. The molecular formula is C26H28N4O7. The zero-order chi connectivity index (χ0) is 26.6. The average Bonchev–Trinajstić information content (AvgIpc) is 2.89. The number of aliphatic imine (C=N–C) groups is 1. The second-order valence-electron chi connectivity index (χ2n) is 8.21. The van der Waals surface area contributed by atoms with Gasteiger partial charge in [0.1, 0.15) is 25.5 Å². The number of guanidine groups is 1. The minimum atomic E-state index is -0.835. The van der Waals surface area contributed by atoms with Crippen molar-refractivity contribution in [3.8, 4) is 0 Å². The third-order valence-electron chi connectivity index (χ3n) is 5.55. The number of carbonyl (C=O) groups excluding carboxylic acids is 5. The number of alkyl carbamates (subject to hydrolysis) is 2. The fourth-order valence-electron chi connectivity index (χ4n) is 3.71. The van der Waals surface area contributed by atoms with Crippen LogP contribution in [0.3, 0.4) is 0 Å². The van der Waals surface area contributed by atoms with E-state index in [2.05, 4.69) is 15.6 Å². The molecule has 3 rings (SSSR count). The van der Waals surface area contributed by atoms with E-state index in [4.69, 9.17) is 9.47 Å². The summed E-state index contributed by atoms with van der Waals surface area (Å²) >= 11 is 0. The summed E-state index contributed by atoms with van der Waals surface area (Å²) in [7, 11) is 0. The van der Waals surface area contributed by atoms with E-state index in [1.807, 2.05) is 36.4 Å². The summed E-state index contributed by atoms with van der Waals surface area (Å²) in [6.45, 7) is 1.37. The van der Waals surface area contributed by atoms with Crippen molar-refractivity contribution in [2.45, 2.75) is 39.0 Å². The maximum Gasteiger partial charge on any atom is 0.414 e. The predicted octanol–water partition coefficient (Wildman–Crippen LogP) is 2.55. The molecule has 1 aliphatic rings. The first-order valence-corrected chi connectivity index (χ1v) is 11.7. The van der Waals surface area contributed by atoms with Crippen molar-refractivity contribution in [2.75, 3.05) is 6.54 Å². The Balaban J connectivity index is 1.55. The number of imide groups is 1.